The van der Waals surface area contributed by atoms with Crippen molar-refractivity contribution < 1.29 is 9.18 Å². The number of fused-ring (bicyclic) bond motifs is 1. The number of carbonyl (C=O) groups excluding carboxylic acids is 1. The molecule has 1 amide bonds. The molecule has 3 heterocycles. The van der Waals surface area contributed by atoms with Crippen LogP contribution in [0, 0.1) is 5.82 Å². The van der Waals surface area contributed by atoms with Gasteiger partial charge in [-0.25, -0.2) is 4.39 Å². The Bertz CT molecular complexity index is 894. The van der Waals surface area contributed by atoms with E-state index in [1.807, 2.05) is 12.1 Å². The second-order valence-electron chi connectivity index (χ2n) is 6.13. The van der Waals surface area contributed by atoms with E-state index in [9.17, 15) is 9.18 Å². The van der Waals surface area contributed by atoms with Gasteiger partial charge < -0.3 is 10.2 Å². The van der Waals surface area contributed by atoms with E-state index in [1.54, 1.807) is 23.0 Å². The SMILES string of the molecule is O=C(Cc1ccc(F)cc1)N[C@H]1CCN(c2ccc3nncn3n2)C1. The highest BCUT2D eigenvalue weighted by Crippen LogP contribution is 2.18. The second kappa shape index (κ2) is 6.46. The Kier molecular flexibility index (Phi) is 4.01. The molecule has 0 spiro atoms. The normalized spacial score (nSPS) is 17.2. The Hall–Kier alpha value is -3.03. The fraction of sp³-hybridized carbons (Fsp3) is 0.294. The maximum Gasteiger partial charge on any atom is 0.224 e. The monoisotopic (exact) mass is 340 g/mol. The highest BCUT2D eigenvalue weighted by Gasteiger charge is 2.25. The molecule has 1 aliphatic rings. The summed E-state index contributed by atoms with van der Waals surface area (Å²) in [5.41, 5.74) is 1.50. The van der Waals surface area contributed by atoms with E-state index in [4.69, 9.17) is 0 Å². The Balaban J connectivity index is 1.35. The van der Waals surface area contributed by atoms with Crippen LogP contribution >= 0.6 is 0 Å². The van der Waals surface area contributed by atoms with Crippen molar-refractivity contribution in [3.63, 3.8) is 0 Å². The predicted molar refractivity (Wildman–Crippen MR) is 89.6 cm³/mol. The van der Waals surface area contributed by atoms with Crippen LogP contribution in [0.15, 0.2) is 42.7 Å². The van der Waals surface area contributed by atoms with Gasteiger partial charge in [-0.05, 0) is 36.2 Å². The summed E-state index contributed by atoms with van der Waals surface area (Å²) in [6.07, 6.45) is 2.68. The molecule has 1 fully saturated rings. The number of benzene rings is 1. The van der Waals surface area contributed by atoms with Crippen LogP contribution in [0.5, 0.6) is 0 Å². The van der Waals surface area contributed by atoms with Crippen molar-refractivity contribution in [2.24, 2.45) is 0 Å². The zero-order valence-corrected chi connectivity index (χ0v) is 13.5. The van der Waals surface area contributed by atoms with Gasteiger partial charge in [0.2, 0.25) is 5.91 Å². The molecule has 0 bridgehead atoms. The summed E-state index contributed by atoms with van der Waals surface area (Å²) in [5.74, 6) is 0.483. The Labute approximate surface area is 143 Å². The summed E-state index contributed by atoms with van der Waals surface area (Å²) >= 11 is 0. The minimum atomic E-state index is -0.298. The Morgan fingerprint density at radius 3 is 2.92 bits per heavy atom. The lowest BCUT2D eigenvalue weighted by Gasteiger charge is -2.17. The van der Waals surface area contributed by atoms with Crippen molar-refractivity contribution in [1.29, 1.82) is 0 Å². The van der Waals surface area contributed by atoms with Crippen molar-refractivity contribution in [2.45, 2.75) is 18.9 Å². The van der Waals surface area contributed by atoms with Crippen LogP contribution in [-0.4, -0.2) is 44.8 Å². The first-order valence-corrected chi connectivity index (χ1v) is 8.13. The number of hydrogen-bond donors (Lipinski definition) is 1. The molecule has 1 saturated heterocycles. The number of halogens is 1. The number of rotatable bonds is 4. The van der Waals surface area contributed by atoms with Gasteiger partial charge in [-0.1, -0.05) is 12.1 Å². The van der Waals surface area contributed by atoms with Crippen molar-refractivity contribution in [2.75, 3.05) is 18.0 Å². The molecule has 1 atom stereocenters. The van der Waals surface area contributed by atoms with E-state index in [0.717, 1.165) is 24.3 Å². The predicted octanol–water partition coefficient (Wildman–Crippen LogP) is 1.20. The second-order valence-corrected chi connectivity index (χ2v) is 6.13. The first kappa shape index (κ1) is 15.5. The molecule has 7 nitrogen and oxygen atoms in total. The highest BCUT2D eigenvalue weighted by molar-refractivity contribution is 5.79. The van der Waals surface area contributed by atoms with Gasteiger partial charge in [0.25, 0.3) is 0 Å². The molecule has 0 radical (unpaired) electrons. The number of nitrogens with one attached hydrogen (secondary N) is 1. The minimum absolute atomic E-state index is 0.0549. The van der Waals surface area contributed by atoms with E-state index in [1.165, 1.54) is 12.1 Å². The lowest BCUT2D eigenvalue weighted by atomic mass is 10.1. The molecule has 1 aromatic carbocycles. The number of nitrogens with zero attached hydrogens (tertiary/aromatic N) is 5. The van der Waals surface area contributed by atoms with Gasteiger partial charge in [0.1, 0.15) is 18.0 Å². The molecule has 1 aliphatic heterocycles. The third-order valence-corrected chi connectivity index (χ3v) is 4.30. The summed E-state index contributed by atoms with van der Waals surface area (Å²) < 4.78 is 14.5. The molecular weight excluding hydrogens is 323 g/mol. The topological polar surface area (TPSA) is 75.4 Å². The van der Waals surface area contributed by atoms with Gasteiger partial charge in [-0.3, -0.25) is 4.79 Å². The van der Waals surface area contributed by atoms with Crippen LogP contribution in [-0.2, 0) is 11.2 Å². The number of hydrogen-bond acceptors (Lipinski definition) is 5. The molecule has 0 unspecified atom stereocenters. The molecule has 8 heteroatoms. The van der Waals surface area contributed by atoms with Crippen LogP contribution < -0.4 is 10.2 Å². The zero-order chi connectivity index (χ0) is 17.2. The molecule has 128 valence electrons. The van der Waals surface area contributed by atoms with Crippen LogP contribution in [0.2, 0.25) is 0 Å². The molecular formula is C17H17FN6O. The van der Waals surface area contributed by atoms with Gasteiger partial charge in [-0.2, -0.15) is 4.52 Å². The minimum Gasteiger partial charge on any atom is -0.353 e. The zero-order valence-electron chi connectivity index (χ0n) is 13.5. The molecule has 1 N–H and O–H groups in total. The number of amides is 1. The van der Waals surface area contributed by atoms with Gasteiger partial charge in [0.05, 0.1) is 6.42 Å². The van der Waals surface area contributed by atoms with Crippen molar-refractivity contribution in [1.82, 2.24) is 25.1 Å². The third-order valence-electron chi connectivity index (χ3n) is 4.30. The van der Waals surface area contributed by atoms with Crippen LogP contribution in [0.4, 0.5) is 10.2 Å². The molecule has 25 heavy (non-hydrogen) atoms. The smallest absolute Gasteiger partial charge is 0.224 e. The van der Waals surface area contributed by atoms with Gasteiger partial charge in [-0.15, -0.1) is 15.3 Å². The van der Waals surface area contributed by atoms with Crippen molar-refractivity contribution >= 4 is 17.4 Å². The standard InChI is InChI=1S/C17H17FN6O/c18-13-3-1-12(2-4-13)9-17(25)20-14-7-8-23(10-14)16-6-5-15-21-19-11-24(15)22-16/h1-6,11,14H,7-10H2,(H,20,25)/t14-/m0/s1. The number of anilines is 1. The van der Waals surface area contributed by atoms with Crippen molar-refractivity contribution in [3.8, 4) is 0 Å². The fourth-order valence-corrected chi connectivity index (χ4v) is 3.04. The summed E-state index contributed by atoms with van der Waals surface area (Å²) in [4.78, 5) is 14.3. The maximum atomic E-state index is 12.9. The van der Waals surface area contributed by atoms with Crippen LogP contribution in [0.1, 0.15) is 12.0 Å². The maximum absolute atomic E-state index is 12.9. The summed E-state index contributed by atoms with van der Waals surface area (Å²) in [6, 6.07) is 9.86. The Morgan fingerprint density at radius 1 is 1.24 bits per heavy atom. The van der Waals surface area contributed by atoms with Crippen LogP contribution in [0.3, 0.4) is 0 Å². The van der Waals surface area contributed by atoms with Gasteiger partial charge in [0, 0.05) is 19.1 Å². The van der Waals surface area contributed by atoms with Crippen molar-refractivity contribution in [3.05, 3.63) is 54.1 Å². The lowest BCUT2D eigenvalue weighted by molar-refractivity contribution is -0.121. The van der Waals surface area contributed by atoms with E-state index in [2.05, 4.69) is 25.5 Å². The molecule has 0 saturated carbocycles. The van der Waals surface area contributed by atoms with E-state index in [0.29, 0.717) is 12.2 Å². The average molecular weight is 340 g/mol. The largest absolute Gasteiger partial charge is 0.353 e. The lowest BCUT2D eigenvalue weighted by Crippen LogP contribution is -2.38. The van der Waals surface area contributed by atoms with E-state index < -0.39 is 0 Å². The van der Waals surface area contributed by atoms with E-state index >= 15 is 0 Å². The summed E-state index contributed by atoms with van der Waals surface area (Å²) in [5, 5.41) is 15.3. The van der Waals surface area contributed by atoms with Gasteiger partial charge >= 0.3 is 0 Å². The fourth-order valence-electron chi connectivity index (χ4n) is 3.04. The van der Waals surface area contributed by atoms with Crippen LogP contribution in [0.25, 0.3) is 5.65 Å². The molecule has 3 aromatic rings. The third kappa shape index (κ3) is 3.42. The number of carbonyl (C=O) groups is 1. The first-order valence-electron chi connectivity index (χ1n) is 8.13. The average Bonchev–Trinajstić information content (AvgIpc) is 3.25. The first-order chi connectivity index (χ1) is 12.2. The quantitative estimate of drug-likeness (QED) is 0.772. The molecule has 4 rings (SSSR count). The number of aromatic nitrogens is 4. The summed E-state index contributed by atoms with van der Waals surface area (Å²) in [6.45, 7) is 1.53. The van der Waals surface area contributed by atoms with E-state index in [-0.39, 0.29) is 24.2 Å². The van der Waals surface area contributed by atoms with Gasteiger partial charge in [0.15, 0.2) is 5.65 Å². The highest BCUT2D eigenvalue weighted by atomic mass is 19.1. The Morgan fingerprint density at radius 2 is 2.08 bits per heavy atom. The summed E-state index contributed by atoms with van der Waals surface area (Å²) in [7, 11) is 0. The molecule has 0 aliphatic carbocycles. The molecule has 2 aromatic heterocycles.